The zero-order valence-electron chi connectivity index (χ0n) is 13.2. The third-order valence-corrected chi connectivity index (χ3v) is 4.87. The average molecular weight is 326 g/mol. The van der Waals surface area contributed by atoms with Crippen LogP contribution in [0.25, 0.3) is 10.8 Å². The van der Waals surface area contributed by atoms with E-state index in [0.29, 0.717) is 29.6 Å². The van der Waals surface area contributed by atoms with Crippen LogP contribution in [-0.4, -0.2) is 31.6 Å². The lowest BCUT2D eigenvalue weighted by Crippen LogP contribution is -2.35. The van der Waals surface area contributed by atoms with E-state index in [9.17, 15) is 9.59 Å². The van der Waals surface area contributed by atoms with E-state index >= 15 is 0 Å². The molecule has 0 bridgehead atoms. The molecule has 0 spiro atoms. The van der Waals surface area contributed by atoms with E-state index in [1.54, 1.807) is 12.1 Å². The molecule has 1 aliphatic heterocycles. The largest absolute Gasteiger partial charge is 0.496 e. The lowest BCUT2D eigenvalue weighted by Gasteiger charge is -2.16. The van der Waals surface area contributed by atoms with Gasteiger partial charge in [-0.3, -0.25) is 9.59 Å². The van der Waals surface area contributed by atoms with Gasteiger partial charge in [0.1, 0.15) is 18.1 Å². The van der Waals surface area contributed by atoms with Crippen LogP contribution in [0.3, 0.4) is 0 Å². The fourth-order valence-corrected chi connectivity index (χ4v) is 3.47. The van der Waals surface area contributed by atoms with Crippen LogP contribution in [0.4, 0.5) is 0 Å². The van der Waals surface area contributed by atoms with E-state index in [1.165, 1.54) is 7.11 Å². The molecule has 2 amide bonds. The monoisotopic (exact) mass is 326 g/mol. The Kier molecular flexibility index (Phi) is 3.33. The number of benzene rings is 2. The summed E-state index contributed by atoms with van der Waals surface area (Å²) in [5.74, 6) is 1.31. The molecule has 6 heteroatoms. The summed E-state index contributed by atoms with van der Waals surface area (Å²) in [7, 11) is 1.50. The minimum Gasteiger partial charge on any atom is -0.496 e. The molecule has 1 heterocycles. The second-order valence-electron chi connectivity index (χ2n) is 6.33. The van der Waals surface area contributed by atoms with Gasteiger partial charge in [-0.15, -0.1) is 0 Å². The number of nitrogens with two attached hydrogens (primary N) is 1. The quantitative estimate of drug-likeness (QED) is 0.870. The molecular weight excluding hydrogens is 308 g/mol. The number of hydrogen-bond acceptors (Lipinski definition) is 4. The zero-order chi connectivity index (χ0) is 16.8. The van der Waals surface area contributed by atoms with E-state index in [0.717, 1.165) is 17.2 Å². The minimum atomic E-state index is -0.534. The molecule has 1 saturated heterocycles. The molecular formula is C18H18N2O4. The smallest absolute Gasteiger partial charge is 0.252 e. The molecule has 2 aliphatic rings. The Labute approximate surface area is 138 Å². The summed E-state index contributed by atoms with van der Waals surface area (Å²) in [4.78, 5) is 23.2. The second-order valence-corrected chi connectivity index (χ2v) is 6.33. The van der Waals surface area contributed by atoms with Crippen molar-refractivity contribution in [1.29, 1.82) is 0 Å². The maximum Gasteiger partial charge on any atom is 0.252 e. The Balaban J connectivity index is 1.63. The molecule has 2 aromatic rings. The molecule has 3 atom stereocenters. The van der Waals surface area contributed by atoms with E-state index < -0.39 is 5.91 Å². The molecule has 0 unspecified atom stereocenters. The van der Waals surface area contributed by atoms with Gasteiger partial charge in [0, 0.05) is 11.3 Å². The zero-order valence-corrected chi connectivity index (χ0v) is 13.2. The molecule has 3 N–H and O–H groups in total. The first-order valence-corrected chi connectivity index (χ1v) is 7.92. The van der Waals surface area contributed by atoms with Gasteiger partial charge in [-0.1, -0.05) is 12.1 Å². The van der Waals surface area contributed by atoms with Crippen LogP contribution in [0, 0.1) is 11.8 Å². The normalized spacial score (nSPS) is 24.4. The molecule has 2 fully saturated rings. The lowest BCUT2D eigenvalue weighted by molar-refractivity contribution is -0.121. The Bertz CT molecular complexity index is 848. The van der Waals surface area contributed by atoms with Gasteiger partial charge in [-0.25, -0.2) is 0 Å². The predicted molar refractivity (Wildman–Crippen MR) is 88.0 cm³/mol. The molecule has 24 heavy (non-hydrogen) atoms. The Hall–Kier alpha value is -2.76. The number of fused-ring (bicyclic) bond motifs is 2. The summed E-state index contributed by atoms with van der Waals surface area (Å²) in [6, 6.07) is 9.16. The highest BCUT2D eigenvalue weighted by molar-refractivity contribution is 6.02. The molecule has 1 aliphatic carbocycles. The van der Waals surface area contributed by atoms with Crippen molar-refractivity contribution >= 4 is 22.6 Å². The first kappa shape index (κ1) is 14.8. The number of rotatable bonds is 5. The van der Waals surface area contributed by atoms with Gasteiger partial charge in [-0.05, 0) is 35.9 Å². The van der Waals surface area contributed by atoms with E-state index in [4.69, 9.17) is 15.2 Å². The van der Waals surface area contributed by atoms with Crippen molar-refractivity contribution in [3.05, 3.63) is 35.9 Å². The summed E-state index contributed by atoms with van der Waals surface area (Å²) in [6.07, 6.45) is 0.963. The average Bonchev–Trinajstić information content (AvgIpc) is 3.32. The fourth-order valence-electron chi connectivity index (χ4n) is 3.47. The number of hydrogen-bond donors (Lipinski definition) is 2. The number of carbonyl (C=O) groups is 2. The Morgan fingerprint density at radius 1 is 1.33 bits per heavy atom. The molecule has 0 radical (unpaired) electrons. The second kappa shape index (κ2) is 5.40. The van der Waals surface area contributed by atoms with Gasteiger partial charge in [-0.2, -0.15) is 0 Å². The SMILES string of the molecule is COc1cc2c(OC[C@H]3NC(=O)[C@@H]4C[C@H]34)cccc2cc1C(N)=O. The summed E-state index contributed by atoms with van der Waals surface area (Å²) < 4.78 is 11.2. The number of piperidine rings is 1. The maximum absolute atomic E-state index is 11.6. The first-order valence-electron chi connectivity index (χ1n) is 7.92. The topological polar surface area (TPSA) is 90.7 Å². The van der Waals surface area contributed by atoms with Crippen molar-refractivity contribution in [3.63, 3.8) is 0 Å². The van der Waals surface area contributed by atoms with Crippen LogP contribution in [0.2, 0.25) is 0 Å². The van der Waals surface area contributed by atoms with Crippen LogP contribution >= 0.6 is 0 Å². The summed E-state index contributed by atoms with van der Waals surface area (Å²) in [6.45, 7) is 0.436. The van der Waals surface area contributed by atoms with Crippen molar-refractivity contribution in [2.24, 2.45) is 17.6 Å². The number of primary amides is 1. The van der Waals surface area contributed by atoms with Crippen LogP contribution in [-0.2, 0) is 4.79 Å². The van der Waals surface area contributed by atoms with Gasteiger partial charge in [0.25, 0.3) is 5.91 Å². The highest BCUT2D eigenvalue weighted by Gasteiger charge is 2.54. The van der Waals surface area contributed by atoms with Crippen LogP contribution in [0.5, 0.6) is 11.5 Å². The third-order valence-electron chi connectivity index (χ3n) is 4.87. The Morgan fingerprint density at radius 3 is 2.79 bits per heavy atom. The van der Waals surface area contributed by atoms with Crippen molar-refractivity contribution in [1.82, 2.24) is 5.32 Å². The van der Waals surface area contributed by atoms with Crippen LogP contribution in [0.1, 0.15) is 16.8 Å². The number of methoxy groups -OCH3 is 1. The van der Waals surface area contributed by atoms with E-state index in [1.807, 2.05) is 18.2 Å². The van der Waals surface area contributed by atoms with E-state index in [2.05, 4.69) is 5.32 Å². The molecule has 0 aromatic heterocycles. The molecule has 2 aromatic carbocycles. The van der Waals surface area contributed by atoms with Crippen molar-refractivity contribution in [2.75, 3.05) is 13.7 Å². The van der Waals surface area contributed by atoms with Gasteiger partial charge >= 0.3 is 0 Å². The molecule has 6 nitrogen and oxygen atoms in total. The van der Waals surface area contributed by atoms with Gasteiger partial charge in [0.2, 0.25) is 5.91 Å². The highest BCUT2D eigenvalue weighted by atomic mass is 16.5. The minimum absolute atomic E-state index is 0.0737. The van der Waals surface area contributed by atoms with Gasteiger partial charge in [0.15, 0.2) is 0 Å². The van der Waals surface area contributed by atoms with Crippen molar-refractivity contribution in [2.45, 2.75) is 12.5 Å². The fraction of sp³-hybridized carbons (Fsp3) is 0.333. The van der Waals surface area contributed by atoms with Crippen LogP contribution < -0.4 is 20.5 Å². The summed E-state index contributed by atoms with van der Waals surface area (Å²) in [5, 5.41) is 4.66. The molecule has 4 rings (SSSR count). The van der Waals surface area contributed by atoms with Crippen molar-refractivity contribution in [3.8, 4) is 11.5 Å². The number of ether oxygens (including phenoxy) is 2. The predicted octanol–water partition coefficient (Wildman–Crippen LogP) is 1.46. The Morgan fingerprint density at radius 2 is 2.17 bits per heavy atom. The van der Waals surface area contributed by atoms with Gasteiger partial charge < -0.3 is 20.5 Å². The van der Waals surface area contributed by atoms with Gasteiger partial charge in [0.05, 0.1) is 18.7 Å². The highest BCUT2D eigenvalue weighted by Crippen LogP contribution is 2.46. The van der Waals surface area contributed by atoms with E-state index in [-0.39, 0.29) is 17.9 Å². The summed E-state index contributed by atoms with van der Waals surface area (Å²) >= 11 is 0. The third kappa shape index (κ3) is 2.35. The number of amides is 2. The molecule has 124 valence electrons. The summed E-state index contributed by atoms with van der Waals surface area (Å²) in [5.41, 5.74) is 5.74. The number of nitrogens with one attached hydrogen (secondary N) is 1. The van der Waals surface area contributed by atoms with Crippen LogP contribution in [0.15, 0.2) is 30.3 Å². The first-order chi connectivity index (χ1) is 11.6. The standard InChI is InChI=1S/C18H18N2O4/c1-23-16-7-10-9(5-13(16)17(19)21)3-2-4-15(10)24-8-14-11-6-12(11)18(22)20-14/h2-5,7,11-12,14H,6,8H2,1H3,(H2,19,21)(H,20,22)/t11-,12+,14+/m0/s1. The van der Waals surface area contributed by atoms with Crippen molar-refractivity contribution < 1.29 is 19.1 Å². The maximum atomic E-state index is 11.6. The lowest BCUT2D eigenvalue weighted by atomic mass is 10.0. The molecule has 1 saturated carbocycles. The number of carbonyl (C=O) groups excluding carboxylic acids is 2.